The maximum absolute atomic E-state index is 12.0. The predicted molar refractivity (Wildman–Crippen MR) is 109 cm³/mol. The molecule has 2 N–H and O–H groups in total. The fraction of sp³-hybridized carbons (Fsp3) is 0.211. The molecule has 0 unspecified atom stereocenters. The highest BCUT2D eigenvalue weighted by atomic mass is 79.9. The second-order valence-corrected chi connectivity index (χ2v) is 6.33. The van der Waals surface area contributed by atoms with Gasteiger partial charge in [0.2, 0.25) is 11.8 Å². The standard InChI is InChI=1S/C19H20BrN3O5/c1-26-14-6-4-5-13(8-14)22-18(24)10-19(25)23-21-11-12-7-16(27-2)17(28-3)9-15(12)20/h4-9,11H,10H2,1-3H3,(H,22,24)(H,23,25). The number of amides is 2. The fourth-order valence-corrected chi connectivity index (χ4v) is 2.66. The van der Waals surface area contributed by atoms with Gasteiger partial charge in [0.05, 0.1) is 27.5 Å². The summed E-state index contributed by atoms with van der Waals surface area (Å²) in [5, 5.41) is 6.49. The molecule has 0 aliphatic heterocycles. The summed E-state index contributed by atoms with van der Waals surface area (Å²) in [5.74, 6) is 0.676. The Bertz CT molecular complexity index is 886. The first-order valence-electron chi connectivity index (χ1n) is 8.14. The van der Waals surface area contributed by atoms with E-state index < -0.39 is 11.8 Å². The van der Waals surface area contributed by atoms with Crippen molar-refractivity contribution in [1.82, 2.24) is 5.43 Å². The van der Waals surface area contributed by atoms with E-state index in [4.69, 9.17) is 14.2 Å². The number of halogens is 1. The van der Waals surface area contributed by atoms with Crippen molar-refractivity contribution in [1.29, 1.82) is 0 Å². The summed E-state index contributed by atoms with van der Waals surface area (Å²) < 4.78 is 16.2. The van der Waals surface area contributed by atoms with Crippen molar-refractivity contribution in [2.24, 2.45) is 5.10 Å². The smallest absolute Gasteiger partial charge is 0.249 e. The van der Waals surface area contributed by atoms with Gasteiger partial charge in [-0.05, 0) is 40.2 Å². The molecular weight excluding hydrogens is 430 g/mol. The quantitative estimate of drug-likeness (QED) is 0.366. The summed E-state index contributed by atoms with van der Waals surface area (Å²) in [7, 11) is 4.59. The number of hydrogen-bond acceptors (Lipinski definition) is 6. The maximum atomic E-state index is 12.0. The molecular formula is C19H20BrN3O5. The Morgan fingerprint density at radius 3 is 2.43 bits per heavy atom. The highest BCUT2D eigenvalue weighted by Crippen LogP contribution is 2.32. The highest BCUT2D eigenvalue weighted by molar-refractivity contribution is 9.10. The second kappa shape index (κ2) is 10.3. The van der Waals surface area contributed by atoms with Crippen LogP contribution in [0, 0.1) is 0 Å². The van der Waals surface area contributed by atoms with Gasteiger partial charge in [0.25, 0.3) is 0 Å². The zero-order valence-electron chi connectivity index (χ0n) is 15.6. The van der Waals surface area contributed by atoms with Crippen molar-refractivity contribution in [3.05, 3.63) is 46.4 Å². The number of nitrogens with zero attached hydrogens (tertiary/aromatic N) is 1. The lowest BCUT2D eigenvalue weighted by molar-refractivity contribution is -0.126. The molecule has 0 spiro atoms. The van der Waals surface area contributed by atoms with Gasteiger partial charge in [0.15, 0.2) is 11.5 Å². The van der Waals surface area contributed by atoms with E-state index >= 15 is 0 Å². The number of carbonyl (C=O) groups excluding carboxylic acids is 2. The van der Waals surface area contributed by atoms with Gasteiger partial charge in [-0.3, -0.25) is 9.59 Å². The molecule has 148 valence electrons. The lowest BCUT2D eigenvalue weighted by Crippen LogP contribution is -2.24. The molecule has 2 aromatic carbocycles. The van der Waals surface area contributed by atoms with Crippen LogP contribution in [-0.4, -0.2) is 39.4 Å². The maximum Gasteiger partial charge on any atom is 0.249 e. The summed E-state index contributed by atoms with van der Waals surface area (Å²) in [6, 6.07) is 10.3. The number of anilines is 1. The monoisotopic (exact) mass is 449 g/mol. The summed E-state index contributed by atoms with van der Waals surface area (Å²) in [6.45, 7) is 0. The third-order valence-corrected chi connectivity index (χ3v) is 4.26. The molecule has 0 radical (unpaired) electrons. The van der Waals surface area contributed by atoms with Gasteiger partial charge in [0, 0.05) is 21.8 Å². The lowest BCUT2D eigenvalue weighted by atomic mass is 10.2. The number of rotatable bonds is 8. The Morgan fingerprint density at radius 2 is 1.75 bits per heavy atom. The summed E-state index contributed by atoms with van der Waals surface area (Å²) in [4.78, 5) is 23.9. The van der Waals surface area contributed by atoms with Gasteiger partial charge in [-0.1, -0.05) is 6.07 Å². The van der Waals surface area contributed by atoms with E-state index in [2.05, 4.69) is 31.8 Å². The van der Waals surface area contributed by atoms with E-state index in [0.29, 0.717) is 33.0 Å². The number of hydrogen-bond donors (Lipinski definition) is 2. The Kier molecular flexibility index (Phi) is 7.82. The van der Waals surface area contributed by atoms with E-state index in [0.717, 1.165) is 0 Å². The van der Waals surface area contributed by atoms with Gasteiger partial charge in [-0.2, -0.15) is 5.10 Å². The van der Waals surface area contributed by atoms with Crippen LogP contribution in [0.4, 0.5) is 5.69 Å². The van der Waals surface area contributed by atoms with E-state index in [9.17, 15) is 9.59 Å². The molecule has 0 aliphatic carbocycles. The number of ether oxygens (including phenoxy) is 3. The minimum atomic E-state index is -0.548. The number of nitrogens with one attached hydrogen (secondary N) is 2. The molecule has 0 atom stereocenters. The van der Waals surface area contributed by atoms with Crippen molar-refractivity contribution in [2.75, 3.05) is 26.6 Å². The molecule has 2 amide bonds. The van der Waals surface area contributed by atoms with E-state index in [1.165, 1.54) is 27.5 Å². The topological polar surface area (TPSA) is 98.2 Å². The summed E-state index contributed by atoms with van der Waals surface area (Å²) in [6.07, 6.45) is 1.06. The first-order chi connectivity index (χ1) is 13.5. The minimum Gasteiger partial charge on any atom is -0.497 e. The molecule has 0 saturated carbocycles. The van der Waals surface area contributed by atoms with Crippen LogP contribution >= 0.6 is 15.9 Å². The predicted octanol–water partition coefficient (Wildman–Crippen LogP) is 2.95. The molecule has 0 aliphatic rings. The lowest BCUT2D eigenvalue weighted by Gasteiger charge is -2.09. The zero-order valence-corrected chi connectivity index (χ0v) is 17.2. The van der Waals surface area contributed by atoms with Crippen LogP contribution < -0.4 is 25.0 Å². The molecule has 2 aromatic rings. The Labute approximate surface area is 171 Å². The van der Waals surface area contributed by atoms with Crippen LogP contribution in [0.2, 0.25) is 0 Å². The Balaban J connectivity index is 1.92. The molecule has 0 fully saturated rings. The van der Waals surface area contributed by atoms with Crippen LogP contribution in [0.15, 0.2) is 46.0 Å². The molecule has 0 heterocycles. The van der Waals surface area contributed by atoms with Crippen LogP contribution in [0.25, 0.3) is 0 Å². The molecule has 0 bridgehead atoms. The Morgan fingerprint density at radius 1 is 1.04 bits per heavy atom. The summed E-state index contributed by atoms with van der Waals surface area (Å²) in [5.41, 5.74) is 3.52. The third kappa shape index (κ3) is 5.98. The SMILES string of the molecule is COc1cccc(NC(=O)CC(=O)NN=Cc2cc(OC)c(OC)cc2Br)c1. The van der Waals surface area contributed by atoms with E-state index in [1.54, 1.807) is 36.4 Å². The van der Waals surface area contributed by atoms with E-state index in [1.807, 2.05) is 0 Å². The number of methoxy groups -OCH3 is 3. The molecule has 9 heteroatoms. The minimum absolute atomic E-state index is 0.373. The van der Waals surface area contributed by atoms with Crippen LogP contribution in [-0.2, 0) is 9.59 Å². The third-order valence-electron chi connectivity index (χ3n) is 3.57. The molecule has 0 aromatic heterocycles. The first-order valence-corrected chi connectivity index (χ1v) is 8.93. The zero-order chi connectivity index (χ0) is 20.5. The first kappa shape index (κ1) is 21.2. The van der Waals surface area contributed by atoms with Crippen molar-refractivity contribution in [2.45, 2.75) is 6.42 Å². The number of benzene rings is 2. The van der Waals surface area contributed by atoms with Gasteiger partial charge >= 0.3 is 0 Å². The number of hydrazone groups is 1. The molecule has 0 saturated heterocycles. The number of carbonyl (C=O) groups is 2. The fourth-order valence-electron chi connectivity index (χ4n) is 2.23. The highest BCUT2D eigenvalue weighted by Gasteiger charge is 2.10. The van der Waals surface area contributed by atoms with Gasteiger partial charge in [-0.25, -0.2) is 5.43 Å². The van der Waals surface area contributed by atoms with Crippen LogP contribution in [0.1, 0.15) is 12.0 Å². The van der Waals surface area contributed by atoms with Gasteiger partial charge in [0.1, 0.15) is 12.2 Å². The average Bonchev–Trinajstić information content (AvgIpc) is 2.68. The van der Waals surface area contributed by atoms with Crippen molar-refractivity contribution < 1.29 is 23.8 Å². The van der Waals surface area contributed by atoms with Crippen LogP contribution in [0.3, 0.4) is 0 Å². The van der Waals surface area contributed by atoms with Gasteiger partial charge < -0.3 is 19.5 Å². The van der Waals surface area contributed by atoms with E-state index in [-0.39, 0.29) is 6.42 Å². The normalized spacial score (nSPS) is 10.4. The largest absolute Gasteiger partial charge is 0.497 e. The average molecular weight is 450 g/mol. The molecule has 28 heavy (non-hydrogen) atoms. The van der Waals surface area contributed by atoms with Gasteiger partial charge in [-0.15, -0.1) is 0 Å². The van der Waals surface area contributed by atoms with Crippen LogP contribution in [0.5, 0.6) is 17.2 Å². The van der Waals surface area contributed by atoms with Crippen molar-refractivity contribution >= 4 is 39.6 Å². The van der Waals surface area contributed by atoms with Crippen molar-refractivity contribution in [3.63, 3.8) is 0 Å². The molecule has 2 rings (SSSR count). The Hall–Kier alpha value is -3.07. The molecule has 8 nitrogen and oxygen atoms in total. The van der Waals surface area contributed by atoms with Crippen molar-refractivity contribution in [3.8, 4) is 17.2 Å². The summed E-state index contributed by atoms with van der Waals surface area (Å²) >= 11 is 3.39. The second-order valence-electron chi connectivity index (χ2n) is 5.48.